The van der Waals surface area contributed by atoms with E-state index in [9.17, 15) is 61.0 Å². The molecule has 0 saturated carbocycles. The van der Waals surface area contributed by atoms with Gasteiger partial charge in [-0.25, -0.2) is 0 Å². The fourth-order valence-electron chi connectivity index (χ4n) is 8.34. The molecule has 3 rings (SSSR count). The number of rotatable bonds is 34. The van der Waals surface area contributed by atoms with Gasteiger partial charge in [-0.2, -0.15) is 0 Å². The van der Waals surface area contributed by atoms with Gasteiger partial charge >= 0.3 is 0 Å². The highest BCUT2D eigenvalue weighted by Crippen LogP contribution is 2.33. The van der Waals surface area contributed by atoms with Gasteiger partial charge in [0.25, 0.3) is 0 Å². The molecule has 0 radical (unpaired) electrons. The molecule has 1 amide bonds. The molecule has 17 atom stereocenters. The summed E-state index contributed by atoms with van der Waals surface area (Å²) >= 11 is 0. The number of allylic oxidation sites excluding steroid dienone is 7. The third-order valence-electron chi connectivity index (χ3n) is 12.6. The number of hydrogen-bond donors (Lipinski definition) is 12. The zero-order valence-electron chi connectivity index (χ0n) is 40.8. The highest BCUT2D eigenvalue weighted by Gasteiger charge is 2.53. The largest absolute Gasteiger partial charge is 0.394 e. The lowest BCUT2D eigenvalue weighted by molar-refractivity contribution is -0.379. The Balaban J connectivity index is 1.57. The van der Waals surface area contributed by atoms with Crippen molar-refractivity contribution in [1.29, 1.82) is 0 Å². The van der Waals surface area contributed by atoms with Crippen LogP contribution in [-0.2, 0) is 33.2 Å². The number of aliphatic hydroxyl groups excluding tert-OH is 11. The Morgan fingerprint density at radius 2 is 0.971 bits per heavy atom. The van der Waals surface area contributed by atoms with Crippen LogP contribution in [0, 0.1) is 0 Å². The summed E-state index contributed by atoms with van der Waals surface area (Å²) in [5, 5.41) is 119. The lowest BCUT2D eigenvalue weighted by Gasteiger charge is -2.48. The van der Waals surface area contributed by atoms with Gasteiger partial charge < -0.3 is 89.9 Å². The summed E-state index contributed by atoms with van der Waals surface area (Å²) < 4.78 is 34.0. The number of amides is 1. The van der Waals surface area contributed by atoms with Crippen LogP contribution in [0.3, 0.4) is 0 Å². The van der Waals surface area contributed by atoms with Crippen molar-refractivity contribution in [2.75, 3.05) is 26.4 Å². The molecule has 3 aliphatic heterocycles. The van der Waals surface area contributed by atoms with E-state index in [2.05, 4.69) is 55.6 Å². The van der Waals surface area contributed by atoms with Crippen LogP contribution in [0.1, 0.15) is 129 Å². The number of ether oxygens (including phenoxy) is 6. The van der Waals surface area contributed by atoms with Crippen molar-refractivity contribution < 1.29 is 89.4 Å². The van der Waals surface area contributed by atoms with Crippen molar-refractivity contribution in [3.63, 3.8) is 0 Å². The number of carbonyl (C=O) groups excluding carboxylic acids is 1. The van der Waals surface area contributed by atoms with Crippen molar-refractivity contribution >= 4 is 5.91 Å². The zero-order chi connectivity index (χ0) is 50.6. The second kappa shape index (κ2) is 35.0. The molecule has 69 heavy (non-hydrogen) atoms. The molecule has 400 valence electrons. The quantitative estimate of drug-likeness (QED) is 0.0322. The fourth-order valence-corrected chi connectivity index (χ4v) is 8.34. The Morgan fingerprint density at radius 3 is 1.52 bits per heavy atom. The van der Waals surface area contributed by atoms with Crippen LogP contribution in [0.15, 0.2) is 48.6 Å². The van der Waals surface area contributed by atoms with Gasteiger partial charge in [0.15, 0.2) is 18.9 Å². The van der Waals surface area contributed by atoms with E-state index in [1.54, 1.807) is 12.2 Å². The summed E-state index contributed by atoms with van der Waals surface area (Å²) in [7, 11) is 0. The minimum absolute atomic E-state index is 0.220. The molecule has 0 bridgehead atoms. The van der Waals surface area contributed by atoms with Gasteiger partial charge in [0, 0.05) is 6.42 Å². The summed E-state index contributed by atoms with van der Waals surface area (Å²) in [6, 6.07) is -0.997. The van der Waals surface area contributed by atoms with E-state index in [1.165, 1.54) is 32.1 Å². The van der Waals surface area contributed by atoms with Crippen molar-refractivity contribution in [3.05, 3.63) is 48.6 Å². The maximum Gasteiger partial charge on any atom is 0.220 e. The molecule has 0 aliphatic carbocycles. The Bertz CT molecular complexity index is 1460. The predicted molar refractivity (Wildman–Crippen MR) is 254 cm³/mol. The molecule has 17 unspecified atom stereocenters. The van der Waals surface area contributed by atoms with Gasteiger partial charge in [0.2, 0.25) is 5.91 Å². The summed E-state index contributed by atoms with van der Waals surface area (Å²) in [6.07, 6.45) is 7.09. The second-order valence-electron chi connectivity index (χ2n) is 18.2. The molecule has 3 saturated heterocycles. The average molecular weight is 990 g/mol. The van der Waals surface area contributed by atoms with Gasteiger partial charge in [-0.3, -0.25) is 4.79 Å². The van der Waals surface area contributed by atoms with Gasteiger partial charge in [-0.15, -0.1) is 0 Å². The van der Waals surface area contributed by atoms with Gasteiger partial charge in [-0.1, -0.05) is 107 Å². The Kier molecular flexibility index (Phi) is 31.0. The number of aliphatic hydroxyl groups is 11. The van der Waals surface area contributed by atoms with E-state index in [1.807, 2.05) is 0 Å². The summed E-state index contributed by atoms with van der Waals surface area (Å²) in [6.45, 7) is 1.49. The summed E-state index contributed by atoms with van der Waals surface area (Å²) in [4.78, 5) is 13.2. The van der Waals surface area contributed by atoms with Gasteiger partial charge in [0.1, 0.15) is 73.2 Å². The molecule has 0 aromatic carbocycles. The summed E-state index contributed by atoms with van der Waals surface area (Å²) in [5.41, 5.74) is 0. The number of nitrogens with one attached hydrogen (secondary N) is 1. The lowest BCUT2D eigenvalue weighted by atomic mass is 9.96. The van der Waals surface area contributed by atoms with E-state index in [4.69, 9.17) is 28.4 Å². The first-order valence-electron chi connectivity index (χ1n) is 25.4. The highest BCUT2D eigenvalue weighted by molar-refractivity contribution is 5.76. The SMILES string of the molecule is CC/C=C/CC/C=C/CC/C=C/C(O)C(COC1OC(CO)C(OC2OC(CO)C(OC3OC(CO)C(O)C(O)C3O)C(O)C2O)C(O)C1O)NC(=O)CCCCCCC/C=C\CCCCCCC. The topological polar surface area (TPSA) is 307 Å². The van der Waals surface area contributed by atoms with Gasteiger partial charge in [-0.05, 0) is 64.2 Å². The molecule has 3 heterocycles. The third kappa shape index (κ3) is 21.0. The molecule has 19 nitrogen and oxygen atoms in total. The van der Waals surface area contributed by atoms with Gasteiger partial charge in [0.05, 0.1) is 38.6 Å². The molecular formula is C50H87NO18. The van der Waals surface area contributed by atoms with Crippen molar-refractivity contribution in [2.45, 2.75) is 234 Å². The monoisotopic (exact) mass is 990 g/mol. The third-order valence-corrected chi connectivity index (χ3v) is 12.6. The normalized spacial score (nSPS) is 33.3. The smallest absolute Gasteiger partial charge is 0.220 e. The molecule has 3 fully saturated rings. The minimum Gasteiger partial charge on any atom is -0.394 e. The van der Waals surface area contributed by atoms with E-state index in [-0.39, 0.29) is 18.9 Å². The molecule has 3 aliphatic rings. The first-order chi connectivity index (χ1) is 33.3. The molecule has 12 N–H and O–H groups in total. The van der Waals surface area contributed by atoms with Crippen LogP contribution in [-0.4, -0.2) is 193 Å². The van der Waals surface area contributed by atoms with E-state index in [0.717, 1.165) is 64.2 Å². The first-order valence-corrected chi connectivity index (χ1v) is 25.4. The Labute approximate surface area is 408 Å². The van der Waals surface area contributed by atoms with Crippen LogP contribution in [0.25, 0.3) is 0 Å². The van der Waals surface area contributed by atoms with Crippen molar-refractivity contribution in [1.82, 2.24) is 5.32 Å². The van der Waals surface area contributed by atoms with Crippen LogP contribution >= 0.6 is 0 Å². The second-order valence-corrected chi connectivity index (χ2v) is 18.2. The van der Waals surface area contributed by atoms with Crippen molar-refractivity contribution in [3.8, 4) is 0 Å². The van der Waals surface area contributed by atoms with Crippen LogP contribution in [0.4, 0.5) is 0 Å². The number of hydrogen-bond acceptors (Lipinski definition) is 18. The van der Waals surface area contributed by atoms with E-state index >= 15 is 0 Å². The Hall–Kier alpha value is -2.25. The molecule has 0 spiro atoms. The maximum atomic E-state index is 13.2. The van der Waals surface area contributed by atoms with Crippen molar-refractivity contribution in [2.24, 2.45) is 0 Å². The van der Waals surface area contributed by atoms with Crippen LogP contribution < -0.4 is 5.32 Å². The minimum atomic E-state index is -1.98. The number of carbonyl (C=O) groups is 1. The van der Waals surface area contributed by atoms with E-state index in [0.29, 0.717) is 12.8 Å². The molecular weight excluding hydrogens is 903 g/mol. The Morgan fingerprint density at radius 1 is 0.522 bits per heavy atom. The fraction of sp³-hybridized carbons (Fsp3) is 0.820. The maximum absolute atomic E-state index is 13.2. The lowest BCUT2D eigenvalue weighted by Crippen LogP contribution is -2.66. The predicted octanol–water partition coefficient (Wildman–Crippen LogP) is 1.58. The van der Waals surface area contributed by atoms with E-state index < -0.39 is 124 Å². The van der Waals surface area contributed by atoms with Crippen LogP contribution in [0.2, 0.25) is 0 Å². The highest BCUT2D eigenvalue weighted by atomic mass is 16.8. The molecule has 19 heteroatoms. The average Bonchev–Trinajstić information content (AvgIpc) is 3.34. The zero-order valence-corrected chi connectivity index (χ0v) is 40.8. The molecule has 0 aromatic rings. The van der Waals surface area contributed by atoms with Crippen LogP contribution in [0.5, 0.6) is 0 Å². The standard InChI is InChI=1S/C50H87NO18/c1-3-5-7-9-11-13-15-16-17-18-20-22-24-26-28-38(56)51-33(34(55)27-25-23-21-19-14-12-10-8-6-4-2)32-64-48-44(62)41(59)46(36(30-53)66-48)69-50-45(63)42(60)47(37(31-54)67-50)68-49-43(61)40(58)39(57)35(29-52)65-49/h6,8,14-16,19,25,27,33-37,39-50,52-55,57-63H,3-5,7,9-13,17-18,20-24,26,28-32H2,1-2H3,(H,51,56)/b8-6+,16-15-,19-14+,27-25+. The first kappa shape index (κ1) is 61.1. The molecule has 0 aromatic heterocycles. The summed E-state index contributed by atoms with van der Waals surface area (Å²) in [5.74, 6) is -0.306. The number of unbranched alkanes of at least 4 members (excludes halogenated alkanes) is 12.